The van der Waals surface area contributed by atoms with Crippen molar-refractivity contribution in [2.24, 2.45) is 5.41 Å². The molecule has 1 aromatic carbocycles. The molecule has 3 nitrogen and oxygen atoms in total. The molecule has 5 heteroatoms. The van der Waals surface area contributed by atoms with Crippen molar-refractivity contribution in [3.8, 4) is 0 Å². The summed E-state index contributed by atoms with van der Waals surface area (Å²) in [6, 6.07) is 1.84. The van der Waals surface area contributed by atoms with Gasteiger partial charge in [-0.2, -0.15) is 0 Å². The van der Waals surface area contributed by atoms with Gasteiger partial charge < -0.3 is 10.6 Å². The Labute approximate surface area is 111 Å². The zero-order valence-corrected chi connectivity index (χ0v) is 11.3. The summed E-state index contributed by atoms with van der Waals surface area (Å²) in [6.07, 6.45) is 0.977. The molecule has 0 bridgehead atoms. The Bertz CT molecular complexity index is 509. The van der Waals surface area contributed by atoms with Crippen LogP contribution >= 0.6 is 0 Å². The first kappa shape index (κ1) is 13.8. The minimum absolute atomic E-state index is 0.0221. The average Bonchev–Trinajstić information content (AvgIpc) is 2.33. The molecule has 2 rings (SSSR count). The summed E-state index contributed by atoms with van der Waals surface area (Å²) in [6.45, 7) is 6.18. The van der Waals surface area contributed by atoms with Crippen LogP contribution in [0.3, 0.4) is 0 Å². The lowest BCUT2D eigenvalue weighted by molar-refractivity contribution is -0.116. The molecule has 1 heterocycles. The highest BCUT2D eigenvalue weighted by Gasteiger charge is 2.26. The summed E-state index contributed by atoms with van der Waals surface area (Å²) in [7, 11) is 0. The molecule has 0 saturated carbocycles. The number of amides is 1. The van der Waals surface area contributed by atoms with Crippen LogP contribution in [0.4, 0.5) is 20.2 Å². The molecule has 1 amide bonds. The molecule has 1 atom stereocenters. The van der Waals surface area contributed by atoms with Crippen molar-refractivity contribution in [2.75, 3.05) is 10.6 Å². The molecule has 1 unspecified atom stereocenters. The van der Waals surface area contributed by atoms with E-state index in [0.29, 0.717) is 5.69 Å². The van der Waals surface area contributed by atoms with Gasteiger partial charge in [-0.25, -0.2) is 8.78 Å². The fraction of sp³-hybridized carbons (Fsp3) is 0.500. The topological polar surface area (TPSA) is 41.1 Å². The van der Waals surface area contributed by atoms with Gasteiger partial charge in [0, 0.05) is 18.5 Å². The van der Waals surface area contributed by atoms with Gasteiger partial charge in [-0.1, -0.05) is 20.8 Å². The number of hydrogen-bond donors (Lipinski definition) is 2. The minimum Gasteiger partial charge on any atom is -0.380 e. The summed E-state index contributed by atoms with van der Waals surface area (Å²) >= 11 is 0. The van der Waals surface area contributed by atoms with Gasteiger partial charge in [-0.3, -0.25) is 4.79 Å². The first-order chi connectivity index (χ1) is 8.74. The van der Waals surface area contributed by atoms with Gasteiger partial charge in [-0.15, -0.1) is 0 Å². The Morgan fingerprint density at radius 3 is 2.63 bits per heavy atom. The molecule has 0 spiro atoms. The Hall–Kier alpha value is -1.65. The molecule has 0 radical (unpaired) electrons. The lowest BCUT2D eigenvalue weighted by Crippen LogP contribution is -2.27. The highest BCUT2D eigenvalue weighted by Crippen LogP contribution is 2.33. The summed E-state index contributed by atoms with van der Waals surface area (Å²) in [5, 5.41) is 5.56. The van der Waals surface area contributed by atoms with Gasteiger partial charge in [0.25, 0.3) is 0 Å². The Morgan fingerprint density at radius 2 is 2.00 bits per heavy atom. The summed E-state index contributed by atoms with van der Waals surface area (Å²) < 4.78 is 26.9. The van der Waals surface area contributed by atoms with Crippen LogP contribution in [-0.4, -0.2) is 11.9 Å². The predicted octanol–water partition coefficient (Wildman–Crippen LogP) is 3.52. The van der Waals surface area contributed by atoms with Crippen LogP contribution in [0.25, 0.3) is 0 Å². The van der Waals surface area contributed by atoms with E-state index in [1.165, 1.54) is 6.07 Å². The number of fused-ring (bicyclic) bond motifs is 1. The van der Waals surface area contributed by atoms with Crippen LogP contribution in [0.2, 0.25) is 0 Å². The zero-order chi connectivity index (χ0) is 14.2. The SMILES string of the molecule is CC(C)(C)CC1CC(=O)Nc2c(F)cc(F)cc2N1. The van der Waals surface area contributed by atoms with Crippen molar-refractivity contribution in [3.63, 3.8) is 0 Å². The third-order valence-electron chi connectivity index (χ3n) is 2.97. The van der Waals surface area contributed by atoms with Crippen LogP contribution in [0, 0.1) is 17.0 Å². The third-order valence-corrected chi connectivity index (χ3v) is 2.97. The second kappa shape index (κ2) is 4.79. The van der Waals surface area contributed by atoms with Crippen LogP contribution in [0.15, 0.2) is 12.1 Å². The maximum Gasteiger partial charge on any atom is 0.226 e. The van der Waals surface area contributed by atoms with Crippen molar-refractivity contribution < 1.29 is 13.6 Å². The second-order valence-electron chi connectivity index (χ2n) is 6.17. The lowest BCUT2D eigenvalue weighted by atomic mass is 9.87. The van der Waals surface area contributed by atoms with Gasteiger partial charge in [0.1, 0.15) is 11.5 Å². The van der Waals surface area contributed by atoms with Gasteiger partial charge in [0.05, 0.1) is 5.69 Å². The smallest absolute Gasteiger partial charge is 0.226 e. The maximum absolute atomic E-state index is 13.7. The number of nitrogens with one attached hydrogen (secondary N) is 2. The molecule has 104 valence electrons. The molecule has 1 aliphatic rings. The van der Waals surface area contributed by atoms with Crippen molar-refractivity contribution in [1.29, 1.82) is 0 Å². The summed E-state index contributed by atoms with van der Waals surface area (Å²) in [4.78, 5) is 11.8. The number of benzene rings is 1. The van der Waals surface area contributed by atoms with Crippen LogP contribution in [0.5, 0.6) is 0 Å². The van der Waals surface area contributed by atoms with E-state index < -0.39 is 11.6 Å². The van der Waals surface area contributed by atoms with E-state index in [1.807, 2.05) is 0 Å². The van der Waals surface area contributed by atoms with E-state index in [-0.39, 0.29) is 29.5 Å². The number of carbonyl (C=O) groups is 1. The van der Waals surface area contributed by atoms with Crippen LogP contribution in [0.1, 0.15) is 33.6 Å². The Balaban J connectivity index is 2.33. The molecule has 2 N–H and O–H groups in total. The van der Waals surface area contributed by atoms with Crippen LogP contribution < -0.4 is 10.6 Å². The lowest BCUT2D eigenvalue weighted by Gasteiger charge is -2.25. The largest absolute Gasteiger partial charge is 0.380 e. The number of rotatable bonds is 1. The fourth-order valence-corrected chi connectivity index (χ4v) is 2.36. The number of carbonyl (C=O) groups excluding carboxylic acids is 1. The first-order valence-electron chi connectivity index (χ1n) is 6.30. The van der Waals surface area contributed by atoms with Crippen molar-refractivity contribution in [2.45, 2.75) is 39.7 Å². The molecule has 0 fully saturated rings. The molecule has 19 heavy (non-hydrogen) atoms. The monoisotopic (exact) mass is 268 g/mol. The molecule has 1 aliphatic heterocycles. The molecular formula is C14H18F2N2O. The minimum atomic E-state index is -0.757. The number of halogens is 2. The van der Waals surface area contributed by atoms with Gasteiger partial charge in [0.2, 0.25) is 5.91 Å². The highest BCUT2D eigenvalue weighted by molar-refractivity contribution is 5.96. The first-order valence-corrected chi connectivity index (χ1v) is 6.30. The summed E-state index contributed by atoms with van der Waals surface area (Å²) in [5.41, 5.74) is 0.356. The maximum atomic E-state index is 13.7. The van der Waals surface area contributed by atoms with Gasteiger partial charge in [-0.05, 0) is 17.9 Å². The number of hydrogen-bond acceptors (Lipinski definition) is 2. The van der Waals surface area contributed by atoms with E-state index in [9.17, 15) is 13.6 Å². The highest BCUT2D eigenvalue weighted by atomic mass is 19.1. The average molecular weight is 268 g/mol. The van der Waals surface area contributed by atoms with Gasteiger partial charge >= 0.3 is 0 Å². The fourth-order valence-electron chi connectivity index (χ4n) is 2.36. The summed E-state index contributed by atoms with van der Waals surface area (Å²) in [5.74, 6) is -1.67. The normalized spacial score (nSPS) is 19.2. The second-order valence-corrected chi connectivity index (χ2v) is 6.17. The molecule has 1 aromatic rings. The van der Waals surface area contributed by atoms with Crippen molar-refractivity contribution in [1.82, 2.24) is 0 Å². The van der Waals surface area contributed by atoms with Gasteiger partial charge in [0.15, 0.2) is 5.82 Å². The van der Waals surface area contributed by atoms with Crippen LogP contribution in [-0.2, 0) is 4.79 Å². The quantitative estimate of drug-likeness (QED) is 0.818. The molecular weight excluding hydrogens is 250 g/mol. The van der Waals surface area contributed by atoms with E-state index in [4.69, 9.17) is 0 Å². The van der Waals surface area contributed by atoms with Crippen molar-refractivity contribution in [3.05, 3.63) is 23.8 Å². The van der Waals surface area contributed by atoms with Crippen molar-refractivity contribution >= 4 is 17.3 Å². The molecule has 0 aliphatic carbocycles. The van der Waals surface area contributed by atoms with E-state index in [0.717, 1.165) is 12.5 Å². The standard InChI is InChI=1S/C14H18F2N2O/c1-14(2,3)7-9-6-12(19)18-13-10(16)4-8(15)5-11(13)17-9/h4-5,9,17H,6-7H2,1-3H3,(H,18,19). The molecule has 0 aromatic heterocycles. The molecule has 0 saturated heterocycles. The van der Waals surface area contributed by atoms with E-state index >= 15 is 0 Å². The predicted molar refractivity (Wildman–Crippen MR) is 71.1 cm³/mol. The Morgan fingerprint density at radius 1 is 1.32 bits per heavy atom. The van der Waals surface area contributed by atoms with E-state index in [1.54, 1.807) is 0 Å². The Kier molecular flexibility index (Phi) is 3.47. The third kappa shape index (κ3) is 3.43. The van der Waals surface area contributed by atoms with E-state index in [2.05, 4.69) is 31.4 Å². The zero-order valence-electron chi connectivity index (χ0n) is 11.3. The number of anilines is 2.